The van der Waals surface area contributed by atoms with Crippen molar-refractivity contribution < 1.29 is 2.66 Å². The van der Waals surface area contributed by atoms with E-state index in [-0.39, 0.29) is 0 Å². The molecule has 0 N–H and O–H groups in total. The molecule has 0 aromatic heterocycles. The topological polar surface area (TPSA) is 0 Å². The van der Waals surface area contributed by atoms with Crippen LogP contribution in [-0.4, -0.2) is 48.9 Å². The molecule has 3 heteroatoms. The quantitative estimate of drug-likeness (QED) is 0.597. The summed E-state index contributed by atoms with van der Waals surface area (Å²) >= 11 is -0.448. The van der Waals surface area contributed by atoms with Crippen LogP contribution in [0.3, 0.4) is 0 Å². The summed E-state index contributed by atoms with van der Waals surface area (Å²) < 4.78 is 12.7. The van der Waals surface area contributed by atoms with Gasteiger partial charge >= 0.3 is 51.6 Å². The fourth-order valence-electron chi connectivity index (χ4n) is 0. The second kappa shape index (κ2) is 4.54. The van der Waals surface area contributed by atoms with Gasteiger partial charge in [0, 0.05) is 0 Å². The Morgan fingerprint density at radius 2 is 2.25 bits per heavy atom. The first kappa shape index (κ1) is 5.54. The van der Waals surface area contributed by atoms with Gasteiger partial charge in [-0.2, -0.15) is 0 Å². The van der Waals surface area contributed by atoms with E-state index in [0.717, 1.165) is 23.9 Å². The Morgan fingerprint density at radius 1 is 2.00 bits per heavy atom. The Bertz CT molecular complexity index is 20.0. The van der Waals surface area contributed by atoms with Gasteiger partial charge in [0.15, 0.2) is 0 Å². The molecule has 0 nitrogen and oxygen atoms in total. The molecule has 0 amide bonds. The first-order valence-electron chi connectivity index (χ1n) is 0.885. The van der Waals surface area contributed by atoms with E-state index in [1.807, 2.05) is 0 Å². The minimum absolute atomic E-state index is 1.02. The summed E-state index contributed by atoms with van der Waals surface area (Å²) in [6.45, 7) is 0. The number of halogens is 1. The third kappa shape index (κ3) is 3.54. The molecule has 0 aliphatic heterocycles. The molecule has 0 heterocycles. The first-order valence-corrected chi connectivity index (χ1v) is 5.94. The zero-order chi connectivity index (χ0) is 3.41. The Balaban J connectivity index is 2.30. The normalized spacial score (nSPS) is 5.00. The Hall–Kier alpha value is 1.54. The Kier molecular flexibility index (Phi) is 6.29. The van der Waals surface area contributed by atoms with E-state index in [1.54, 1.807) is 1.51 Å². The summed E-state index contributed by atoms with van der Waals surface area (Å²) in [4.78, 5) is 0. The van der Waals surface area contributed by atoms with Crippen LogP contribution in [0.2, 0.25) is 0 Å². The van der Waals surface area contributed by atoms with Crippen LogP contribution in [0.25, 0.3) is 0 Å². The first-order chi connectivity index (χ1) is 1.91. The molecular formula is CHFIn2. The summed E-state index contributed by atoms with van der Waals surface area (Å²) in [6, 6.07) is 0. The van der Waals surface area contributed by atoms with E-state index in [9.17, 15) is 2.66 Å². The van der Waals surface area contributed by atoms with E-state index in [2.05, 4.69) is 0 Å². The van der Waals surface area contributed by atoms with Crippen LogP contribution in [0.4, 0.5) is 2.66 Å². The average molecular weight is 262 g/mol. The van der Waals surface area contributed by atoms with Crippen LogP contribution in [0.15, 0.2) is 0 Å². The zero-order valence-electron chi connectivity index (χ0n) is 2.11. The van der Waals surface area contributed by atoms with E-state index in [0.29, 0.717) is 0 Å². The SMILES string of the molecule is [F][In][CH]=[In]. The molecule has 0 saturated heterocycles. The molecule has 0 rings (SSSR count). The molecule has 4 heavy (non-hydrogen) atoms. The third-order valence-electron chi connectivity index (χ3n) is 0.0727. The fraction of sp³-hybridized carbons (Fsp3) is 0. The molecule has 0 aromatic rings. The van der Waals surface area contributed by atoms with Gasteiger partial charge < -0.3 is 0 Å². The summed E-state index contributed by atoms with van der Waals surface area (Å²) in [5.74, 6) is 0. The third-order valence-corrected chi connectivity index (χ3v) is 3.27. The molecular weight excluding hydrogens is 261 g/mol. The molecule has 0 fully saturated rings. The fourth-order valence-corrected chi connectivity index (χ4v) is 0. The molecule has 18 valence electrons. The van der Waals surface area contributed by atoms with Gasteiger partial charge in [-0.1, -0.05) is 0 Å². The van der Waals surface area contributed by atoms with E-state index in [4.69, 9.17) is 0 Å². The van der Waals surface area contributed by atoms with Crippen LogP contribution in [0.5, 0.6) is 0 Å². The molecule has 0 unspecified atom stereocenters. The van der Waals surface area contributed by atoms with Gasteiger partial charge in [-0.3, -0.25) is 0 Å². The van der Waals surface area contributed by atoms with E-state index in [1.165, 1.54) is 0 Å². The van der Waals surface area contributed by atoms with Crippen molar-refractivity contribution in [2.24, 2.45) is 0 Å². The van der Waals surface area contributed by atoms with Gasteiger partial charge in [-0.05, 0) is 0 Å². The van der Waals surface area contributed by atoms with Crippen molar-refractivity contribution in [2.75, 3.05) is 0 Å². The molecule has 0 saturated carbocycles. The predicted octanol–water partition coefficient (Wildman–Crippen LogP) is -0.497. The average Bonchev–Trinajstić information content (AvgIpc) is 1.37. The minimum atomic E-state index is -1.47. The molecule has 0 aliphatic rings. The summed E-state index contributed by atoms with van der Waals surface area (Å²) in [7, 11) is 0. The molecule has 0 aliphatic carbocycles. The van der Waals surface area contributed by atoms with Gasteiger partial charge in [0.2, 0.25) is 0 Å². The summed E-state index contributed by atoms with van der Waals surface area (Å²) in [5, 5.41) is 0. The van der Waals surface area contributed by atoms with Gasteiger partial charge in [-0.15, -0.1) is 0 Å². The zero-order valence-corrected chi connectivity index (χ0v) is 8.70. The molecule has 0 aromatic carbocycles. The van der Waals surface area contributed by atoms with E-state index < -0.39 is 23.5 Å². The molecule has 0 spiro atoms. The molecule has 0 bridgehead atoms. The summed E-state index contributed by atoms with van der Waals surface area (Å²) in [5.41, 5.74) is 0. The Labute approximate surface area is 51.0 Å². The number of hydrogen-bond acceptors (Lipinski definition) is 0. The molecule has 2 radical (unpaired) electrons. The van der Waals surface area contributed by atoms with Crippen LogP contribution < -0.4 is 0 Å². The number of rotatable bonds is 1. The number of hydrogen-bond donors (Lipinski definition) is 0. The van der Waals surface area contributed by atoms with Gasteiger partial charge in [0.1, 0.15) is 0 Å². The maximum absolute atomic E-state index is 10.9. The second-order valence-corrected chi connectivity index (χ2v) is 9.51. The van der Waals surface area contributed by atoms with Crippen molar-refractivity contribution >= 4 is 48.9 Å². The monoisotopic (exact) mass is 262 g/mol. The predicted molar refractivity (Wildman–Crippen MR) is 18.7 cm³/mol. The van der Waals surface area contributed by atoms with Crippen molar-refractivity contribution in [3.05, 3.63) is 0 Å². The van der Waals surface area contributed by atoms with Crippen LogP contribution in [-0.2, 0) is 0 Å². The second-order valence-electron chi connectivity index (χ2n) is 0.318. The van der Waals surface area contributed by atoms with Crippen LogP contribution in [0, 0.1) is 0 Å². The van der Waals surface area contributed by atoms with Crippen LogP contribution in [0.1, 0.15) is 0 Å². The van der Waals surface area contributed by atoms with Crippen molar-refractivity contribution in [3.8, 4) is 0 Å². The van der Waals surface area contributed by atoms with Crippen LogP contribution >= 0.6 is 0 Å². The Morgan fingerprint density at radius 3 is 2.25 bits per heavy atom. The van der Waals surface area contributed by atoms with Gasteiger partial charge in [0.05, 0.1) is 0 Å². The standard InChI is InChI=1S/CH.FH.2In/h2*1H;;/q;;;+1/p-1. The maximum atomic E-state index is 10.9. The van der Waals surface area contributed by atoms with E-state index >= 15 is 0 Å². The van der Waals surface area contributed by atoms with Crippen molar-refractivity contribution in [2.45, 2.75) is 0 Å². The molecule has 0 atom stereocenters. The summed E-state index contributed by atoms with van der Waals surface area (Å²) in [6.07, 6.45) is 0. The van der Waals surface area contributed by atoms with Crippen molar-refractivity contribution in [1.29, 1.82) is 0 Å². The van der Waals surface area contributed by atoms with Crippen molar-refractivity contribution in [3.63, 3.8) is 0 Å². The van der Waals surface area contributed by atoms with Crippen molar-refractivity contribution in [1.82, 2.24) is 0 Å². The van der Waals surface area contributed by atoms with Gasteiger partial charge in [-0.25, -0.2) is 0 Å². The van der Waals surface area contributed by atoms with Gasteiger partial charge in [0.25, 0.3) is 0 Å².